The molecule has 0 radical (unpaired) electrons. The number of pyridine rings is 1. The molecular formula is C19H12F3IN8. The Kier molecular flexibility index (Phi) is 5.44. The molecule has 0 saturated carbocycles. The quantitative estimate of drug-likeness (QED) is 0.389. The predicted octanol–water partition coefficient (Wildman–Crippen LogP) is 4.27. The summed E-state index contributed by atoms with van der Waals surface area (Å²) in [4.78, 5) is 16.4. The van der Waals surface area contributed by atoms with Crippen molar-refractivity contribution in [2.45, 2.75) is 19.1 Å². The first-order chi connectivity index (χ1) is 14.8. The van der Waals surface area contributed by atoms with Crippen LogP contribution in [0.25, 0.3) is 16.7 Å². The average molecular weight is 536 g/mol. The van der Waals surface area contributed by atoms with E-state index in [9.17, 15) is 13.2 Å². The van der Waals surface area contributed by atoms with Crippen LogP contribution < -0.4 is 5.32 Å². The average Bonchev–Trinajstić information content (AvgIpc) is 3.23. The zero-order valence-electron chi connectivity index (χ0n) is 15.8. The maximum Gasteiger partial charge on any atom is 0.418 e. The molecule has 0 spiro atoms. The Bertz CT molecular complexity index is 1290. The van der Waals surface area contributed by atoms with Gasteiger partial charge in [0.05, 0.1) is 22.7 Å². The van der Waals surface area contributed by atoms with Crippen LogP contribution in [0.1, 0.15) is 29.9 Å². The molecule has 1 aromatic carbocycles. The van der Waals surface area contributed by atoms with E-state index in [1.807, 2.05) is 28.7 Å². The van der Waals surface area contributed by atoms with E-state index in [0.29, 0.717) is 20.8 Å². The zero-order chi connectivity index (χ0) is 22.2. The number of anilines is 1. The molecule has 0 unspecified atom stereocenters. The van der Waals surface area contributed by atoms with Crippen molar-refractivity contribution in [3.05, 3.63) is 63.6 Å². The van der Waals surface area contributed by atoms with Crippen LogP contribution in [0.2, 0.25) is 0 Å². The fourth-order valence-corrected chi connectivity index (χ4v) is 3.66. The molecule has 0 bridgehead atoms. The number of halogens is 4. The van der Waals surface area contributed by atoms with Gasteiger partial charge >= 0.3 is 6.18 Å². The minimum Gasteiger partial charge on any atom is -0.360 e. The minimum absolute atomic E-state index is 0.187. The maximum absolute atomic E-state index is 13.5. The van der Waals surface area contributed by atoms with Gasteiger partial charge in [-0.25, -0.2) is 19.9 Å². The molecule has 1 atom stereocenters. The summed E-state index contributed by atoms with van der Waals surface area (Å²) in [6.45, 7) is 1.77. The van der Waals surface area contributed by atoms with Gasteiger partial charge in [-0.1, -0.05) is 0 Å². The van der Waals surface area contributed by atoms with E-state index in [1.165, 1.54) is 17.2 Å². The Balaban J connectivity index is 1.72. The number of nitrogens with zero attached hydrogens (tertiary/aromatic N) is 7. The molecule has 31 heavy (non-hydrogen) atoms. The van der Waals surface area contributed by atoms with Gasteiger partial charge in [0, 0.05) is 15.2 Å². The molecule has 12 heteroatoms. The lowest BCUT2D eigenvalue weighted by Crippen LogP contribution is -2.16. The molecule has 0 aliphatic rings. The third kappa shape index (κ3) is 4.13. The lowest BCUT2D eigenvalue weighted by atomic mass is 10.1. The summed E-state index contributed by atoms with van der Waals surface area (Å²) in [5.74, 6) is 1.15. The van der Waals surface area contributed by atoms with Gasteiger partial charge in [0.2, 0.25) is 0 Å². The third-order valence-electron chi connectivity index (χ3n) is 4.42. The second kappa shape index (κ2) is 8.06. The number of benzene rings is 1. The van der Waals surface area contributed by atoms with Crippen LogP contribution in [0.3, 0.4) is 0 Å². The van der Waals surface area contributed by atoms with Gasteiger partial charge in [-0.05, 0) is 53.8 Å². The molecule has 8 nitrogen and oxygen atoms in total. The minimum atomic E-state index is -4.54. The monoisotopic (exact) mass is 536 g/mol. The standard InChI is InChI=1S/C19H12F3IN8/c1-10(18-28-9-29-31(18)15-3-2-11(6-24)7-25-15)30-17-13-4-12(23)5-14(19(20,21)22)16(13)26-8-27-17/h2-5,7-10H,1H3,(H,26,27,30)/t10-/m0/s1. The van der Waals surface area contributed by atoms with Crippen LogP contribution in [0.5, 0.6) is 0 Å². The van der Waals surface area contributed by atoms with E-state index in [2.05, 4.69) is 30.4 Å². The zero-order valence-corrected chi connectivity index (χ0v) is 17.9. The molecule has 1 N–H and O–H groups in total. The molecule has 156 valence electrons. The molecule has 4 rings (SSSR count). The summed E-state index contributed by atoms with van der Waals surface area (Å²) >= 11 is 1.83. The van der Waals surface area contributed by atoms with E-state index >= 15 is 0 Å². The van der Waals surface area contributed by atoms with Crippen molar-refractivity contribution >= 4 is 39.3 Å². The van der Waals surface area contributed by atoms with Gasteiger partial charge in [0.15, 0.2) is 11.6 Å². The molecule has 0 amide bonds. The predicted molar refractivity (Wildman–Crippen MR) is 113 cm³/mol. The Morgan fingerprint density at radius 1 is 1.13 bits per heavy atom. The second-order valence-electron chi connectivity index (χ2n) is 6.48. The SMILES string of the molecule is C[C@H](Nc1ncnc2c(C(F)(F)F)cc(I)cc12)c1ncnn1-c1ccc(C#N)cn1. The van der Waals surface area contributed by atoms with Gasteiger partial charge in [-0.15, -0.1) is 0 Å². The molecule has 3 heterocycles. The highest BCUT2D eigenvalue weighted by atomic mass is 127. The molecule has 0 saturated heterocycles. The lowest BCUT2D eigenvalue weighted by Gasteiger charge is -2.17. The fraction of sp³-hybridized carbons (Fsp3) is 0.158. The number of nitriles is 1. The third-order valence-corrected chi connectivity index (χ3v) is 5.04. The molecule has 0 aliphatic heterocycles. The van der Waals surface area contributed by atoms with Gasteiger partial charge in [-0.2, -0.15) is 28.2 Å². The molecular weight excluding hydrogens is 524 g/mol. The van der Waals surface area contributed by atoms with Crippen molar-refractivity contribution in [1.82, 2.24) is 29.7 Å². The molecule has 4 aromatic rings. The van der Waals surface area contributed by atoms with E-state index < -0.39 is 17.8 Å². The number of alkyl halides is 3. The summed E-state index contributed by atoms with van der Waals surface area (Å²) in [5.41, 5.74) is -0.607. The summed E-state index contributed by atoms with van der Waals surface area (Å²) < 4.78 is 42.3. The highest BCUT2D eigenvalue weighted by Crippen LogP contribution is 2.37. The van der Waals surface area contributed by atoms with E-state index in [-0.39, 0.29) is 16.7 Å². The van der Waals surface area contributed by atoms with Gasteiger partial charge < -0.3 is 5.32 Å². The summed E-state index contributed by atoms with van der Waals surface area (Å²) in [6, 6.07) is 7.38. The normalized spacial score (nSPS) is 12.5. The smallest absolute Gasteiger partial charge is 0.360 e. The topological polar surface area (TPSA) is 105 Å². The van der Waals surface area contributed by atoms with Crippen molar-refractivity contribution in [2.75, 3.05) is 5.32 Å². The summed E-state index contributed by atoms with van der Waals surface area (Å²) in [7, 11) is 0. The number of hydrogen-bond acceptors (Lipinski definition) is 7. The highest BCUT2D eigenvalue weighted by molar-refractivity contribution is 14.1. The summed E-state index contributed by atoms with van der Waals surface area (Å²) in [5, 5.41) is 16.4. The van der Waals surface area contributed by atoms with Crippen LogP contribution in [-0.4, -0.2) is 29.7 Å². The number of hydrogen-bond donors (Lipinski definition) is 1. The lowest BCUT2D eigenvalue weighted by molar-refractivity contribution is -0.136. The van der Waals surface area contributed by atoms with Crippen molar-refractivity contribution in [1.29, 1.82) is 5.26 Å². The Morgan fingerprint density at radius 2 is 1.94 bits per heavy atom. The van der Waals surface area contributed by atoms with E-state index in [0.717, 1.165) is 12.4 Å². The van der Waals surface area contributed by atoms with E-state index in [1.54, 1.807) is 25.1 Å². The van der Waals surface area contributed by atoms with Gasteiger partial charge in [0.1, 0.15) is 24.5 Å². The Morgan fingerprint density at radius 3 is 2.61 bits per heavy atom. The molecule has 3 aromatic heterocycles. The van der Waals surface area contributed by atoms with E-state index in [4.69, 9.17) is 5.26 Å². The second-order valence-corrected chi connectivity index (χ2v) is 7.73. The fourth-order valence-electron chi connectivity index (χ4n) is 3.03. The number of rotatable bonds is 4. The Hall–Kier alpha value is -3.34. The largest absolute Gasteiger partial charge is 0.418 e. The van der Waals surface area contributed by atoms with Crippen LogP contribution in [0, 0.1) is 14.9 Å². The van der Waals surface area contributed by atoms with Crippen LogP contribution in [-0.2, 0) is 6.18 Å². The first-order valence-corrected chi connectivity index (χ1v) is 9.90. The summed E-state index contributed by atoms with van der Waals surface area (Å²) in [6.07, 6.45) is -0.696. The van der Waals surface area contributed by atoms with Crippen molar-refractivity contribution in [3.63, 3.8) is 0 Å². The number of nitrogens with one attached hydrogen (secondary N) is 1. The number of aromatic nitrogens is 6. The van der Waals surface area contributed by atoms with Crippen molar-refractivity contribution < 1.29 is 13.2 Å². The van der Waals surface area contributed by atoms with Crippen molar-refractivity contribution in [3.8, 4) is 11.9 Å². The highest BCUT2D eigenvalue weighted by Gasteiger charge is 2.34. The van der Waals surface area contributed by atoms with Crippen molar-refractivity contribution in [2.24, 2.45) is 0 Å². The number of fused-ring (bicyclic) bond motifs is 1. The van der Waals surface area contributed by atoms with Crippen LogP contribution in [0.4, 0.5) is 19.0 Å². The van der Waals surface area contributed by atoms with Crippen LogP contribution >= 0.6 is 22.6 Å². The maximum atomic E-state index is 13.5. The Labute approximate surface area is 187 Å². The first kappa shape index (κ1) is 20.9. The van der Waals surface area contributed by atoms with Gasteiger partial charge in [-0.3, -0.25) is 0 Å². The van der Waals surface area contributed by atoms with Gasteiger partial charge in [0.25, 0.3) is 0 Å². The molecule has 0 fully saturated rings. The first-order valence-electron chi connectivity index (χ1n) is 8.82. The van der Waals surface area contributed by atoms with Crippen LogP contribution in [0.15, 0.2) is 43.1 Å². The molecule has 0 aliphatic carbocycles.